The van der Waals surface area contributed by atoms with Gasteiger partial charge in [-0.2, -0.15) is 0 Å². The molecule has 0 aliphatic rings. The van der Waals surface area contributed by atoms with Crippen molar-refractivity contribution < 1.29 is 4.79 Å². The Hall–Kier alpha value is -2.07. The molecule has 0 saturated carbocycles. The van der Waals surface area contributed by atoms with E-state index in [2.05, 4.69) is 10.3 Å². The van der Waals surface area contributed by atoms with Crippen molar-refractivity contribution in [2.45, 2.75) is 6.92 Å². The highest BCUT2D eigenvalue weighted by molar-refractivity contribution is 6.36. The molecule has 4 nitrogen and oxygen atoms in total. The highest BCUT2D eigenvalue weighted by Gasteiger charge is 2.12. The average molecular weight is 262 g/mol. The van der Waals surface area contributed by atoms with Crippen LogP contribution in [0.3, 0.4) is 0 Å². The van der Waals surface area contributed by atoms with E-state index >= 15 is 0 Å². The van der Waals surface area contributed by atoms with Crippen LogP contribution in [0.15, 0.2) is 36.5 Å². The number of carbonyl (C=O) groups excluding carboxylic acids is 1. The molecule has 0 spiro atoms. The minimum atomic E-state index is -0.328. The van der Waals surface area contributed by atoms with Crippen molar-refractivity contribution in [3.63, 3.8) is 0 Å². The van der Waals surface area contributed by atoms with Crippen LogP contribution in [-0.4, -0.2) is 10.9 Å². The van der Waals surface area contributed by atoms with E-state index in [1.54, 1.807) is 30.5 Å². The van der Waals surface area contributed by atoms with Gasteiger partial charge >= 0.3 is 0 Å². The lowest BCUT2D eigenvalue weighted by Crippen LogP contribution is -2.14. The van der Waals surface area contributed by atoms with E-state index in [1.165, 1.54) is 0 Å². The maximum Gasteiger partial charge on any atom is 0.258 e. The number of nitrogen functional groups attached to an aromatic ring is 1. The zero-order chi connectivity index (χ0) is 13.1. The van der Waals surface area contributed by atoms with Gasteiger partial charge in [0.2, 0.25) is 0 Å². The zero-order valence-electron chi connectivity index (χ0n) is 9.77. The Morgan fingerprint density at radius 3 is 2.89 bits per heavy atom. The number of aromatic nitrogens is 1. The first kappa shape index (κ1) is 12.4. The number of nitrogens with two attached hydrogens (primary N) is 1. The largest absolute Gasteiger partial charge is 0.398 e. The van der Waals surface area contributed by atoms with E-state index in [1.807, 2.05) is 13.0 Å². The normalized spacial score (nSPS) is 10.1. The number of hydrogen-bond acceptors (Lipinski definition) is 3. The maximum absolute atomic E-state index is 12.0. The first-order valence-electron chi connectivity index (χ1n) is 5.36. The van der Waals surface area contributed by atoms with E-state index in [0.717, 1.165) is 5.56 Å². The predicted molar refractivity (Wildman–Crippen MR) is 72.8 cm³/mol. The summed E-state index contributed by atoms with van der Waals surface area (Å²) in [5.74, 6) is 0.156. The standard InChI is InChI=1S/C13H12ClN3O/c1-8-5-6-16-11(7-8)17-13(18)9-3-2-4-10(15)12(9)14/h2-7H,15H2,1H3,(H,16,17,18). The molecule has 0 saturated heterocycles. The summed E-state index contributed by atoms with van der Waals surface area (Å²) >= 11 is 5.98. The smallest absolute Gasteiger partial charge is 0.258 e. The molecule has 5 heteroatoms. The molecule has 0 aliphatic carbocycles. The molecule has 3 N–H and O–H groups in total. The van der Waals surface area contributed by atoms with Crippen LogP contribution in [0.4, 0.5) is 11.5 Å². The molecule has 0 fully saturated rings. The van der Waals surface area contributed by atoms with E-state index in [9.17, 15) is 4.79 Å². The van der Waals surface area contributed by atoms with Crippen molar-refractivity contribution in [2.24, 2.45) is 0 Å². The number of carbonyl (C=O) groups is 1. The Balaban J connectivity index is 2.25. The van der Waals surface area contributed by atoms with E-state index in [4.69, 9.17) is 17.3 Å². The van der Waals surface area contributed by atoms with Crippen LogP contribution < -0.4 is 11.1 Å². The van der Waals surface area contributed by atoms with Crippen molar-refractivity contribution in [1.82, 2.24) is 4.98 Å². The molecule has 0 atom stereocenters. The molecule has 1 amide bonds. The lowest BCUT2D eigenvalue weighted by atomic mass is 10.2. The first-order valence-corrected chi connectivity index (χ1v) is 5.73. The van der Waals surface area contributed by atoms with Crippen molar-refractivity contribution >= 4 is 29.0 Å². The van der Waals surface area contributed by atoms with Gasteiger partial charge in [-0.15, -0.1) is 0 Å². The molecule has 0 unspecified atom stereocenters. The summed E-state index contributed by atoms with van der Waals surface area (Å²) in [6.07, 6.45) is 1.63. The summed E-state index contributed by atoms with van der Waals surface area (Å²) in [7, 11) is 0. The molecule has 0 aliphatic heterocycles. The Morgan fingerprint density at radius 2 is 2.17 bits per heavy atom. The number of aryl methyl sites for hydroxylation is 1. The van der Waals surface area contributed by atoms with Crippen molar-refractivity contribution in [3.05, 3.63) is 52.7 Å². The fourth-order valence-corrected chi connectivity index (χ4v) is 1.73. The maximum atomic E-state index is 12.0. The van der Waals surface area contributed by atoms with E-state index in [0.29, 0.717) is 17.1 Å². The van der Waals surface area contributed by atoms with Gasteiger partial charge in [0.05, 0.1) is 16.3 Å². The Morgan fingerprint density at radius 1 is 1.39 bits per heavy atom. The van der Waals surface area contributed by atoms with Gasteiger partial charge in [0.25, 0.3) is 5.91 Å². The molecule has 92 valence electrons. The van der Waals surface area contributed by atoms with Crippen LogP contribution in [0, 0.1) is 6.92 Å². The van der Waals surface area contributed by atoms with Gasteiger partial charge in [0.15, 0.2) is 0 Å². The molecule has 1 aromatic heterocycles. The van der Waals surface area contributed by atoms with Gasteiger partial charge in [-0.25, -0.2) is 4.98 Å². The van der Waals surface area contributed by atoms with Crippen molar-refractivity contribution in [2.75, 3.05) is 11.1 Å². The molecule has 0 bridgehead atoms. The van der Waals surface area contributed by atoms with Crippen LogP contribution in [0.25, 0.3) is 0 Å². The van der Waals surface area contributed by atoms with Crippen LogP contribution in [0.2, 0.25) is 5.02 Å². The monoisotopic (exact) mass is 261 g/mol. The summed E-state index contributed by atoms with van der Waals surface area (Å²) in [6.45, 7) is 1.92. The number of anilines is 2. The molecule has 18 heavy (non-hydrogen) atoms. The summed E-state index contributed by atoms with van der Waals surface area (Å²) in [6, 6.07) is 8.56. The minimum absolute atomic E-state index is 0.252. The number of rotatable bonds is 2. The third-order valence-corrected chi connectivity index (χ3v) is 2.85. The Labute approximate surface area is 110 Å². The molecule has 2 aromatic rings. The van der Waals surface area contributed by atoms with Gasteiger partial charge in [0.1, 0.15) is 5.82 Å². The molecule has 1 heterocycles. The van der Waals surface area contributed by atoms with E-state index in [-0.39, 0.29) is 10.9 Å². The predicted octanol–water partition coefficient (Wildman–Crippen LogP) is 2.88. The third-order valence-electron chi connectivity index (χ3n) is 2.43. The number of halogens is 1. The van der Waals surface area contributed by atoms with Crippen LogP contribution >= 0.6 is 11.6 Å². The summed E-state index contributed by atoms with van der Waals surface area (Å²) in [4.78, 5) is 16.1. The fraction of sp³-hybridized carbons (Fsp3) is 0.0769. The summed E-state index contributed by atoms with van der Waals surface area (Å²) < 4.78 is 0. The molecule has 1 aromatic carbocycles. The summed E-state index contributed by atoms with van der Waals surface area (Å²) in [5.41, 5.74) is 7.37. The molecule has 2 rings (SSSR count). The average Bonchev–Trinajstić information content (AvgIpc) is 2.32. The second-order valence-corrected chi connectivity index (χ2v) is 4.26. The number of nitrogens with one attached hydrogen (secondary N) is 1. The van der Waals surface area contributed by atoms with E-state index < -0.39 is 0 Å². The number of pyridine rings is 1. The Bertz CT molecular complexity index is 599. The van der Waals surface area contributed by atoms with Crippen molar-refractivity contribution in [1.29, 1.82) is 0 Å². The van der Waals surface area contributed by atoms with Gasteiger partial charge in [-0.3, -0.25) is 4.79 Å². The fourth-order valence-electron chi connectivity index (χ4n) is 1.51. The van der Waals surface area contributed by atoms with Crippen LogP contribution in [0.1, 0.15) is 15.9 Å². The SMILES string of the molecule is Cc1ccnc(NC(=O)c2cccc(N)c2Cl)c1. The minimum Gasteiger partial charge on any atom is -0.398 e. The summed E-state index contributed by atoms with van der Waals surface area (Å²) in [5, 5.41) is 2.93. The highest BCUT2D eigenvalue weighted by atomic mass is 35.5. The van der Waals surface area contributed by atoms with Crippen molar-refractivity contribution in [3.8, 4) is 0 Å². The second-order valence-electron chi connectivity index (χ2n) is 3.88. The topological polar surface area (TPSA) is 68.0 Å². The number of benzene rings is 1. The number of hydrogen-bond donors (Lipinski definition) is 2. The third kappa shape index (κ3) is 2.60. The number of amides is 1. The van der Waals surface area contributed by atoms with Gasteiger partial charge in [-0.1, -0.05) is 17.7 Å². The lowest BCUT2D eigenvalue weighted by molar-refractivity contribution is 0.102. The highest BCUT2D eigenvalue weighted by Crippen LogP contribution is 2.23. The van der Waals surface area contributed by atoms with Gasteiger partial charge in [0, 0.05) is 6.20 Å². The van der Waals surface area contributed by atoms with Crippen LogP contribution in [-0.2, 0) is 0 Å². The zero-order valence-corrected chi connectivity index (χ0v) is 10.5. The first-order chi connectivity index (χ1) is 8.58. The second kappa shape index (κ2) is 5.06. The van der Waals surface area contributed by atoms with Gasteiger partial charge < -0.3 is 11.1 Å². The quantitative estimate of drug-likeness (QED) is 0.817. The Kier molecular flexibility index (Phi) is 3.48. The van der Waals surface area contributed by atoms with Gasteiger partial charge in [-0.05, 0) is 36.8 Å². The molecular formula is C13H12ClN3O. The van der Waals surface area contributed by atoms with Crippen LogP contribution in [0.5, 0.6) is 0 Å². The lowest BCUT2D eigenvalue weighted by Gasteiger charge is -2.07. The number of nitrogens with zero attached hydrogens (tertiary/aromatic N) is 1. The molecular weight excluding hydrogens is 250 g/mol. The molecule has 0 radical (unpaired) electrons.